The van der Waals surface area contributed by atoms with Gasteiger partial charge in [0.05, 0.1) is 6.10 Å². The van der Waals surface area contributed by atoms with Crippen LogP contribution in [-0.4, -0.2) is 14.4 Å². The van der Waals surface area contributed by atoms with Crippen molar-refractivity contribution < 1.29 is 25.3 Å². The van der Waals surface area contributed by atoms with E-state index in [9.17, 15) is 0 Å². The topological polar surface area (TPSA) is 9.23 Å². The van der Waals surface area contributed by atoms with Gasteiger partial charge in [-0.25, -0.2) is 12.1 Å². The normalized spacial score (nSPS) is 28.0. The van der Waals surface area contributed by atoms with Gasteiger partial charge in [0.1, 0.15) is 0 Å². The molecule has 0 aliphatic heterocycles. The van der Waals surface area contributed by atoms with Gasteiger partial charge in [-0.2, -0.15) is 12.1 Å². The molecule has 0 N–H and O–H groups in total. The van der Waals surface area contributed by atoms with Crippen LogP contribution in [0.25, 0.3) is 0 Å². The minimum atomic E-state index is -1.77. The third-order valence-electron chi connectivity index (χ3n) is 6.46. The predicted molar refractivity (Wildman–Crippen MR) is 117 cm³/mol. The van der Waals surface area contributed by atoms with Crippen LogP contribution < -0.4 is 5.19 Å². The van der Waals surface area contributed by atoms with E-state index in [2.05, 4.69) is 58.1 Å². The van der Waals surface area contributed by atoms with Crippen molar-refractivity contribution in [2.45, 2.75) is 59.2 Å². The van der Waals surface area contributed by atoms with Gasteiger partial charge in [-0.15, -0.1) is 5.19 Å². The van der Waals surface area contributed by atoms with Gasteiger partial charge in [0.25, 0.3) is 0 Å². The van der Waals surface area contributed by atoms with Crippen LogP contribution in [0.15, 0.2) is 54.6 Å². The molecule has 2 fully saturated rings. The third-order valence-corrected chi connectivity index (χ3v) is 9.01. The molecule has 0 spiro atoms. The third kappa shape index (κ3) is 5.70. The molecule has 4 rings (SSSR count). The van der Waals surface area contributed by atoms with Crippen LogP contribution in [0, 0.1) is 16.7 Å². The van der Waals surface area contributed by atoms with Gasteiger partial charge >= 0.3 is 37.9 Å². The minimum Gasteiger partial charge on any atom is -0.748 e. The molecule has 2 aromatic carbocycles. The number of hydrogen-bond donors (Lipinski definition) is 0. The van der Waals surface area contributed by atoms with Gasteiger partial charge in [0.2, 0.25) is 0 Å². The fourth-order valence-corrected chi connectivity index (χ4v) is 7.32. The van der Waals surface area contributed by atoms with E-state index in [0.717, 1.165) is 5.92 Å². The molecule has 2 aromatic rings. The maximum Gasteiger partial charge on any atom is -0.748 e. The molecule has 0 aromatic heterocycles. The summed E-state index contributed by atoms with van der Waals surface area (Å²) in [5, 5.41) is 1.44. The zero-order valence-electron chi connectivity index (χ0n) is 17.1. The van der Waals surface area contributed by atoms with Crippen molar-refractivity contribution in [2.75, 3.05) is 0 Å². The molecule has 2 aliphatic carbocycles. The molecule has 2 bridgehead atoms. The van der Waals surface area contributed by atoms with Gasteiger partial charge < -0.3 is 34.8 Å². The van der Waals surface area contributed by atoms with Crippen molar-refractivity contribution in [3.8, 4) is 0 Å². The molecule has 1 nitrogen and oxygen atoms in total. The molecule has 0 saturated heterocycles. The Kier molecular flexibility index (Phi) is 8.66. The van der Waals surface area contributed by atoms with Crippen LogP contribution in [0.4, 0.5) is 0 Å². The van der Waals surface area contributed by atoms with Crippen molar-refractivity contribution >= 4 is 30.5 Å². The number of rotatable bonds is 3. The van der Waals surface area contributed by atoms with Crippen molar-refractivity contribution in [3.05, 3.63) is 54.6 Å². The summed E-state index contributed by atoms with van der Waals surface area (Å²) >= 11 is -0.826. The molecule has 3 atom stereocenters. The summed E-state index contributed by atoms with van der Waals surface area (Å²) in [6.07, 6.45) is 4.57. The van der Waals surface area contributed by atoms with E-state index >= 15 is 0 Å². The Morgan fingerprint density at radius 1 is 1.04 bits per heavy atom. The average Bonchev–Trinajstić information content (AvgIpc) is 3.35. The maximum absolute atomic E-state index is 6.83. The van der Waals surface area contributed by atoms with E-state index in [4.69, 9.17) is 21.5 Å². The van der Waals surface area contributed by atoms with Gasteiger partial charge in [-0.05, 0) is 36.0 Å². The van der Waals surface area contributed by atoms with Crippen molar-refractivity contribution in [1.29, 1.82) is 0 Å². The van der Waals surface area contributed by atoms with Gasteiger partial charge in [0, 0.05) is 0 Å². The van der Waals surface area contributed by atoms with Crippen molar-refractivity contribution in [2.24, 2.45) is 16.7 Å². The summed E-state index contributed by atoms with van der Waals surface area (Å²) in [6, 6.07) is 18.8. The molecule has 27 heavy (non-hydrogen) atoms. The summed E-state index contributed by atoms with van der Waals surface area (Å²) in [5.74, 6) is 0.868. The first-order chi connectivity index (χ1) is 12.7. The van der Waals surface area contributed by atoms with Gasteiger partial charge in [0.15, 0.2) is 8.32 Å². The summed E-state index contributed by atoms with van der Waals surface area (Å²) in [7, 11) is 8.10. The Hall–Kier alpha value is 0.340. The van der Waals surface area contributed by atoms with E-state index in [1.807, 2.05) is 30.3 Å². The fraction of sp³-hybridized carbons (Fsp3) is 0.545. The Bertz CT molecular complexity index is 632. The van der Waals surface area contributed by atoms with E-state index in [0.29, 0.717) is 16.9 Å². The largest absolute Gasteiger partial charge is 0.748 e. The summed E-state index contributed by atoms with van der Waals surface area (Å²) in [6.45, 7) is 12.0. The second-order valence-electron chi connectivity index (χ2n) is 9.13. The summed E-state index contributed by atoms with van der Waals surface area (Å²) < 4.78 is 6.83. The van der Waals surface area contributed by atoms with Gasteiger partial charge in [-0.3, -0.25) is 0 Å². The van der Waals surface area contributed by atoms with E-state index in [-0.39, 0.29) is 0 Å². The Labute approximate surface area is 185 Å². The summed E-state index contributed by atoms with van der Waals surface area (Å²) in [4.78, 5) is 0. The van der Waals surface area contributed by atoms with Crippen molar-refractivity contribution in [3.63, 3.8) is 0 Å². The zero-order valence-corrected chi connectivity index (χ0v) is 22.1. The van der Waals surface area contributed by atoms with Crippen molar-refractivity contribution in [1.82, 2.24) is 0 Å². The Morgan fingerprint density at radius 3 is 1.93 bits per heavy atom. The first-order valence-corrected chi connectivity index (χ1v) is 18.9. The molecule has 3 unspecified atom stereocenters. The fourth-order valence-electron chi connectivity index (χ4n) is 5.01. The van der Waals surface area contributed by atoms with Gasteiger partial charge in [-0.1, -0.05) is 33.9 Å². The molecular weight excluding hydrogens is 470 g/mol. The second kappa shape index (κ2) is 9.90. The molecule has 2 saturated carbocycles. The maximum atomic E-state index is 6.83. The quantitative estimate of drug-likeness (QED) is 0.330. The van der Waals surface area contributed by atoms with E-state index in [1.165, 1.54) is 24.4 Å². The smallest absolute Gasteiger partial charge is 0.748 e. The van der Waals surface area contributed by atoms with E-state index < -0.39 is 29.2 Å². The first-order valence-electron chi connectivity index (χ1n) is 9.70. The van der Waals surface area contributed by atoms with E-state index in [1.54, 1.807) is 0 Å². The number of fused-ring (bicyclic) bond motifs is 2. The summed E-state index contributed by atoms with van der Waals surface area (Å²) in [5.41, 5.74) is 0.773. The average molecular weight is 503 g/mol. The number of hydrogen-bond acceptors (Lipinski definition) is 1. The Morgan fingerprint density at radius 2 is 1.52 bits per heavy atom. The second-order valence-corrected chi connectivity index (χ2v) is 16.7. The zero-order chi connectivity index (χ0) is 20.1. The molecule has 5 heteroatoms. The first kappa shape index (κ1) is 23.6. The van der Waals surface area contributed by atoms with Crippen LogP contribution in [0.3, 0.4) is 0 Å². The van der Waals surface area contributed by atoms with Crippen LogP contribution in [0.5, 0.6) is 0 Å². The van der Waals surface area contributed by atoms with Crippen LogP contribution in [-0.2, 0) is 25.3 Å². The molecule has 0 radical (unpaired) electrons. The number of halogens is 2. The standard InChI is InChI=1S/C17H27OSi.C5H5.2ClH.Zr/c1-16(2)13-10-11-17(3,12-13)15(16)18-19(4,5)14-8-6-7-9-14;1-2-4-5-3-1;;;/h6-9,13,15H,10-12H2,1-5H3;1-5H;2*1H;/q-1;-5;;;+2/p-2. The van der Waals surface area contributed by atoms with Crippen LogP contribution in [0.1, 0.15) is 40.0 Å². The Balaban J connectivity index is 0.000000274. The molecule has 0 amide bonds. The SMILES string of the molecule is CC12CCC(C1)C(C)(C)C2O[Si](C)(C)[c-]1cccc1.[Cl][Zr][Cl].[cH-]1[cH-][cH-][cH-][cH-]1. The molecule has 0 heterocycles. The monoisotopic (exact) mass is 500 g/mol. The molecule has 154 valence electrons. The van der Waals surface area contributed by atoms with Crippen LogP contribution >= 0.6 is 17.0 Å². The minimum absolute atomic E-state index is 0.351. The molecular formula is C22H32Cl2OSiZr-6. The van der Waals surface area contributed by atoms with Crippen LogP contribution in [0.2, 0.25) is 13.1 Å². The predicted octanol–water partition coefficient (Wildman–Crippen LogP) is 6.83. The molecule has 2 aliphatic rings.